The first kappa shape index (κ1) is 92.1. The molecule has 0 spiro atoms. The van der Waals surface area contributed by atoms with Gasteiger partial charge < -0.3 is 33.8 Å². The number of carbonyl (C=O) groups is 4. The summed E-state index contributed by atoms with van der Waals surface area (Å²) in [5.41, 5.74) is 0. The molecule has 0 amide bonds. The second kappa shape index (κ2) is 68.2. The van der Waals surface area contributed by atoms with Gasteiger partial charge in [0.15, 0.2) is 12.2 Å². The number of rotatable bonds is 75. The number of unbranched alkanes of at least 4 members (excludes halogenated alkanes) is 47. The van der Waals surface area contributed by atoms with Crippen LogP contribution in [-0.2, 0) is 65.4 Å². The van der Waals surface area contributed by atoms with Gasteiger partial charge in [-0.1, -0.05) is 343 Å². The molecule has 0 aromatic carbocycles. The zero-order valence-electron chi connectivity index (χ0n) is 61.1. The fourth-order valence-corrected chi connectivity index (χ4v) is 13.1. The van der Waals surface area contributed by atoms with E-state index >= 15 is 0 Å². The van der Waals surface area contributed by atoms with Crippen LogP contribution in [0.4, 0.5) is 0 Å². The third-order valence-corrected chi connectivity index (χ3v) is 19.4. The fraction of sp³-hybridized carbons (Fsp3) is 0.947. The third kappa shape index (κ3) is 68.6. The van der Waals surface area contributed by atoms with E-state index in [0.29, 0.717) is 25.7 Å². The highest BCUT2D eigenvalue weighted by Gasteiger charge is 2.30. The number of phosphoric ester groups is 2. The molecule has 0 aliphatic carbocycles. The molecule has 17 nitrogen and oxygen atoms in total. The van der Waals surface area contributed by atoms with Gasteiger partial charge in [-0.2, -0.15) is 0 Å². The molecule has 0 rings (SSSR count). The summed E-state index contributed by atoms with van der Waals surface area (Å²) in [5.74, 6) is -1.40. The predicted octanol–water partition coefficient (Wildman–Crippen LogP) is 22.1. The Morgan fingerprint density at radius 2 is 0.489 bits per heavy atom. The topological polar surface area (TPSA) is 237 Å². The van der Waals surface area contributed by atoms with Crippen molar-refractivity contribution in [2.24, 2.45) is 5.92 Å². The van der Waals surface area contributed by atoms with E-state index in [-0.39, 0.29) is 25.7 Å². The molecule has 3 N–H and O–H groups in total. The van der Waals surface area contributed by atoms with Crippen molar-refractivity contribution in [1.29, 1.82) is 0 Å². The maximum atomic E-state index is 13.1. The molecular weight excluding hydrogens is 1230 g/mol. The van der Waals surface area contributed by atoms with E-state index in [9.17, 15) is 43.2 Å². The molecule has 5 atom stereocenters. The Morgan fingerprint density at radius 3 is 0.723 bits per heavy atom. The second-order valence-electron chi connectivity index (χ2n) is 27.5. The summed E-state index contributed by atoms with van der Waals surface area (Å²) in [6, 6.07) is 0. The minimum absolute atomic E-state index is 0.105. The summed E-state index contributed by atoms with van der Waals surface area (Å²) in [6.07, 6.45) is 56.9. The largest absolute Gasteiger partial charge is 0.472 e. The van der Waals surface area contributed by atoms with Gasteiger partial charge in [0.1, 0.15) is 19.3 Å². The van der Waals surface area contributed by atoms with Crippen LogP contribution in [0.5, 0.6) is 0 Å². The van der Waals surface area contributed by atoms with Gasteiger partial charge in [0, 0.05) is 25.7 Å². The molecule has 0 bridgehead atoms. The molecule has 0 aliphatic rings. The lowest BCUT2D eigenvalue weighted by atomic mass is 10.0. The predicted molar refractivity (Wildman–Crippen MR) is 382 cm³/mol. The van der Waals surface area contributed by atoms with Gasteiger partial charge >= 0.3 is 39.5 Å². The van der Waals surface area contributed by atoms with E-state index in [1.165, 1.54) is 218 Å². The Bertz CT molecular complexity index is 1810. The number of hydrogen-bond donors (Lipinski definition) is 3. The normalized spacial score (nSPS) is 14.0. The van der Waals surface area contributed by atoms with E-state index < -0.39 is 97.5 Å². The standard InChI is InChI=1S/C75H146O17P2/c1-6-9-12-15-18-21-24-26-28-29-30-32-34-36-39-45-50-55-60-74(79)91-70(64-86-73(78)59-54-49-44-38-35-33-31-27-25-22-19-16-13-10-7-2)66-89-93(81,82)87-62-69(76)63-88-94(83,84)90-67-71(65-85-72(77)58-53-48-43-37-23-20-17-14-11-8-3)92-75(80)61-56-51-46-41-40-42-47-52-57-68(4)5/h68-71,76H,6-67H2,1-5H3,(H,81,82)(H,83,84)/t69-,70-,71-/m1/s1. The van der Waals surface area contributed by atoms with Gasteiger partial charge in [-0.15, -0.1) is 0 Å². The van der Waals surface area contributed by atoms with Gasteiger partial charge in [-0.25, -0.2) is 9.13 Å². The van der Waals surface area contributed by atoms with Crippen LogP contribution in [0.15, 0.2) is 0 Å². The van der Waals surface area contributed by atoms with Crippen LogP contribution in [0, 0.1) is 5.92 Å². The highest BCUT2D eigenvalue weighted by molar-refractivity contribution is 7.47. The van der Waals surface area contributed by atoms with Crippen molar-refractivity contribution < 1.29 is 80.2 Å². The number of esters is 4. The fourth-order valence-electron chi connectivity index (χ4n) is 11.5. The molecule has 0 aromatic heterocycles. The van der Waals surface area contributed by atoms with Crippen LogP contribution in [0.1, 0.15) is 394 Å². The van der Waals surface area contributed by atoms with Crippen molar-refractivity contribution in [3.05, 3.63) is 0 Å². The lowest BCUT2D eigenvalue weighted by Gasteiger charge is -2.21. The molecule has 19 heteroatoms. The number of phosphoric acid groups is 2. The Labute approximate surface area is 575 Å². The number of aliphatic hydroxyl groups excluding tert-OH is 1. The van der Waals surface area contributed by atoms with E-state index in [2.05, 4.69) is 34.6 Å². The molecule has 0 saturated carbocycles. The van der Waals surface area contributed by atoms with E-state index in [4.69, 9.17) is 37.0 Å². The summed E-state index contributed by atoms with van der Waals surface area (Å²) in [5, 5.41) is 10.6. The van der Waals surface area contributed by atoms with Gasteiger partial charge in [0.25, 0.3) is 0 Å². The first-order valence-electron chi connectivity index (χ1n) is 39.1. The quantitative estimate of drug-likeness (QED) is 0.0222. The molecular formula is C75H146O17P2. The number of hydrogen-bond acceptors (Lipinski definition) is 15. The average molecular weight is 1380 g/mol. The van der Waals surface area contributed by atoms with Crippen molar-refractivity contribution in [2.75, 3.05) is 39.6 Å². The van der Waals surface area contributed by atoms with Crippen molar-refractivity contribution in [3.63, 3.8) is 0 Å². The molecule has 558 valence electrons. The number of aliphatic hydroxyl groups is 1. The molecule has 0 saturated heterocycles. The molecule has 0 radical (unpaired) electrons. The Balaban J connectivity index is 5.23. The summed E-state index contributed by atoms with van der Waals surface area (Å²) in [4.78, 5) is 72.7. The Morgan fingerprint density at radius 1 is 0.287 bits per heavy atom. The first-order chi connectivity index (χ1) is 45.5. The Hall–Kier alpha value is -1.94. The third-order valence-electron chi connectivity index (χ3n) is 17.5. The SMILES string of the molecule is CCCCCCCCCCCCCCCCCCCCC(=O)O[C@H](COC(=O)CCCCCCCCCCCCCCCCC)COP(=O)(O)OC[C@@H](O)COP(=O)(O)OC[C@@H](COC(=O)CCCCCCCCCCCC)OC(=O)CCCCCCCCCCC(C)C. The summed E-state index contributed by atoms with van der Waals surface area (Å²) >= 11 is 0. The molecule has 2 unspecified atom stereocenters. The molecule has 0 heterocycles. The highest BCUT2D eigenvalue weighted by Crippen LogP contribution is 2.45. The first-order valence-corrected chi connectivity index (χ1v) is 42.1. The lowest BCUT2D eigenvalue weighted by molar-refractivity contribution is -0.161. The monoisotopic (exact) mass is 1380 g/mol. The zero-order chi connectivity index (χ0) is 69.1. The van der Waals surface area contributed by atoms with E-state index in [0.717, 1.165) is 95.8 Å². The summed E-state index contributed by atoms with van der Waals surface area (Å²) < 4.78 is 68.5. The maximum Gasteiger partial charge on any atom is 0.472 e. The maximum absolute atomic E-state index is 13.1. The molecule has 0 fully saturated rings. The van der Waals surface area contributed by atoms with Crippen molar-refractivity contribution in [1.82, 2.24) is 0 Å². The van der Waals surface area contributed by atoms with Crippen LogP contribution < -0.4 is 0 Å². The van der Waals surface area contributed by atoms with Gasteiger partial charge in [0.2, 0.25) is 0 Å². The minimum atomic E-state index is -4.96. The molecule has 94 heavy (non-hydrogen) atoms. The van der Waals surface area contributed by atoms with Crippen LogP contribution in [0.2, 0.25) is 0 Å². The van der Waals surface area contributed by atoms with Gasteiger partial charge in [-0.3, -0.25) is 37.3 Å². The van der Waals surface area contributed by atoms with Crippen LogP contribution in [0.25, 0.3) is 0 Å². The van der Waals surface area contributed by atoms with Crippen LogP contribution in [-0.4, -0.2) is 96.7 Å². The van der Waals surface area contributed by atoms with Gasteiger partial charge in [0.05, 0.1) is 26.4 Å². The van der Waals surface area contributed by atoms with Crippen LogP contribution in [0.3, 0.4) is 0 Å². The lowest BCUT2D eigenvalue weighted by Crippen LogP contribution is -2.30. The highest BCUT2D eigenvalue weighted by atomic mass is 31.2. The second-order valence-corrected chi connectivity index (χ2v) is 30.4. The van der Waals surface area contributed by atoms with Gasteiger partial charge in [-0.05, 0) is 31.6 Å². The van der Waals surface area contributed by atoms with E-state index in [1.54, 1.807) is 0 Å². The summed E-state index contributed by atoms with van der Waals surface area (Å²) in [6.45, 7) is 7.24. The van der Waals surface area contributed by atoms with Crippen LogP contribution >= 0.6 is 15.6 Å². The van der Waals surface area contributed by atoms with Crippen molar-refractivity contribution >= 4 is 39.5 Å². The number of ether oxygens (including phenoxy) is 4. The average Bonchev–Trinajstić information content (AvgIpc) is 2.47. The van der Waals surface area contributed by atoms with E-state index in [1.807, 2.05) is 0 Å². The zero-order valence-corrected chi connectivity index (χ0v) is 62.9. The van der Waals surface area contributed by atoms with Crippen molar-refractivity contribution in [2.45, 2.75) is 412 Å². The number of carbonyl (C=O) groups excluding carboxylic acids is 4. The van der Waals surface area contributed by atoms with Crippen molar-refractivity contribution in [3.8, 4) is 0 Å². The summed E-state index contributed by atoms with van der Waals surface area (Å²) in [7, 11) is -9.91. The smallest absolute Gasteiger partial charge is 0.462 e. The Kier molecular flexibility index (Phi) is 66.8. The molecule has 0 aromatic rings. The minimum Gasteiger partial charge on any atom is -0.462 e. The molecule has 0 aliphatic heterocycles.